The van der Waals surface area contributed by atoms with Crippen LogP contribution < -0.4 is 11.1 Å². The van der Waals surface area contributed by atoms with E-state index in [1.165, 1.54) is 6.20 Å². The van der Waals surface area contributed by atoms with Crippen molar-refractivity contribution in [1.82, 2.24) is 4.98 Å². The maximum absolute atomic E-state index is 12.1. The van der Waals surface area contributed by atoms with Crippen molar-refractivity contribution < 1.29 is 4.79 Å². The number of carbonyl (C=O) groups is 1. The summed E-state index contributed by atoms with van der Waals surface area (Å²) in [7, 11) is 0. The molecule has 7 heteroatoms. The van der Waals surface area contributed by atoms with E-state index in [0.29, 0.717) is 11.3 Å². The third-order valence-electron chi connectivity index (χ3n) is 2.46. The predicted molar refractivity (Wildman–Crippen MR) is 89.9 cm³/mol. The predicted octanol–water partition coefficient (Wildman–Crippen LogP) is 3.49. The Balaban J connectivity index is 2.19. The van der Waals surface area contributed by atoms with Crippen molar-refractivity contribution in [2.24, 2.45) is 5.73 Å². The minimum atomic E-state index is -0.307. The zero-order valence-electron chi connectivity index (χ0n) is 10.1. The number of nitrogens with two attached hydrogens (primary N) is 1. The molecule has 0 radical (unpaired) electrons. The highest BCUT2D eigenvalue weighted by atomic mass is 79.9. The van der Waals surface area contributed by atoms with Gasteiger partial charge in [0.1, 0.15) is 10.7 Å². The lowest BCUT2D eigenvalue weighted by Crippen LogP contribution is -2.15. The monoisotopic (exact) mass is 413 g/mol. The summed E-state index contributed by atoms with van der Waals surface area (Å²) in [6, 6.07) is 8.75. The summed E-state index contributed by atoms with van der Waals surface area (Å²) in [5, 5.41) is 2.77. The molecule has 0 saturated carbocycles. The van der Waals surface area contributed by atoms with Crippen molar-refractivity contribution >= 4 is 60.7 Å². The first kappa shape index (κ1) is 15.1. The molecule has 1 heterocycles. The van der Waals surface area contributed by atoms with E-state index < -0.39 is 0 Å². The molecule has 0 atom stereocenters. The summed E-state index contributed by atoms with van der Waals surface area (Å²) in [5.74, 6) is -0.307. The molecule has 0 bridgehead atoms. The smallest absolute Gasteiger partial charge is 0.274 e. The first-order chi connectivity index (χ1) is 9.47. The van der Waals surface area contributed by atoms with E-state index in [-0.39, 0.29) is 16.6 Å². The Hall–Kier alpha value is -1.31. The van der Waals surface area contributed by atoms with Crippen LogP contribution in [-0.4, -0.2) is 15.9 Å². The topological polar surface area (TPSA) is 68.0 Å². The summed E-state index contributed by atoms with van der Waals surface area (Å²) in [5.41, 5.74) is 7.05. The second-order valence-electron chi connectivity index (χ2n) is 3.87. The summed E-state index contributed by atoms with van der Waals surface area (Å²) >= 11 is 11.6. The normalized spacial score (nSPS) is 10.1. The summed E-state index contributed by atoms with van der Waals surface area (Å²) in [4.78, 5) is 16.4. The van der Waals surface area contributed by atoms with Gasteiger partial charge in [0.25, 0.3) is 5.91 Å². The molecular formula is C13H9Br2N3OS. The molecule has 102 valence electrons. The molecule has 3 N–H and O–H groups in total. The molecule has 0 aliphatic carbocycles. The lowest BCUT2D eigenvalue weighted by molar-refractivity contribution is 0.102. The first-order valence-electron chi connectivity index (χ1n) is 5.49. The number of hydrogen-bond acceptors (Lipinski definition) is 3. The third kappa shape index (κ3) is 3.62. The number of anilines is 1. The maximum Gasteiger partial charge on any atom is 0.274 e. The van der Waals surface area contributed by atoms with Crippen LogP contribution in [0.1, 0.15) is 16.1 Å². The second-order valence-corrected chi connectivity index (χ2v) is 6.08. The van der Waals surface area contributed by atoms with E-state index in [1.54, 1.807) is 18.2 Å². The van der Waals surface area contributed by atoms with Crippen LogP contribution in [0.3, 0.4) is 0 Å². The van der Waals surface area contributed by atoms with Crippen molar-refractivity contribution in [3.8, 4) is 0 Å². The lowest BCUT2D eigenvalue weighted by atomic mass is 10.2. The Morgan fingerprint density at radius 1 is 1.25 bits per heavy atom. The Labute approximate surface area is 138 Å². The number of nitrogens with one attached hydrogen (secondary N) is 1. The van der Waals surface area contributed by atoms with Crippen LogP contribution in [0.2, 0.25) is 0 Å². The van der Waals surface area contributed by atoms with E-state index >= 15 is 0 Å². The third-order valence-corrected chi connectivity index (χ3v) is 3.88. The standard InChI is InChI=1S/C13H9Br2N3OS/c14-8-2-3-9(15)11(5-8)18-13(19)10-4-1-7(6-17-10)12(16)20/h1-6H,(H2,16,20)(H,18,19). The molecule has 0 spiro atoms. The Morgan fingerprint density at radius 3 is 2.60 bits per heavy atom. The van der Waals surface area contributed by atoms with Crippen molar-refractivity contribution in [2.75, 3.05) is 5.32 Å². The minimum absolute atomic E-state index is 0.249. The van der Waals surface area contributed by atoms with Crippen LogP contribution in [-0.2, 0) is 0 Å². The number of pyridine rings is 1. The van der Waals surface area contributed by atoms with E-state index in [1.807, 2.05) is 12.1 Å². The Kier molecular flexibility index (Phi) is 4.85. The van der Waals surface area contributed by atoms with E-state index in [0.717, 1.165) is 8.95 Å². The van der Waals surface area contributed by atoms with Crippen LogP contribution in [0.15, 0.2) is 45.5 Å². The van der Waals surface area contributed by atoms with Gasteiger partial charge in [-0.25, -0.2) is 0 Å². The number of aromatic nitrogens is 1. The average Bonchev–Trinajstić information content (AvgIpc) is 2.43. The van der Waals surface area contributed by atoms with Crippen molar-refractivity contribution in [3.05, 3.63) is 56.7 Å². The fourth-order valence-corrected chi connectivity index (χ4v) is 2.28. The van der Waals surface area contributed by atoms with Gasteiger partial charge in [0.15, 0.2) is 0 Å². The molecule has 20 heavy (non-hydrogen) atoms. The van der Waals surface area contributed by atoms with Gasteiger partial charge in [0.05, 0.1) is 5.69 Å². The van der Waals surface area contributed by atoms with Gasteiger partial charge in [-0.15, -0.1) is 0 Å². The average molecular weight is 415 g/mol. The Bertz CT molecular complexity index is 674. The molecule has 1 amide bonds. The van der Waals surface area contributed by atoms with Gasteiger partial charge in [0, 0.05) is 20.7 Å². The number of thiocarbonyl (C=S) groups is 1. The highest BCUT2D eigenvalue weighted by Gasteiger charge is 2.10. The van der Waals surface area contributed by atoms with Crippen molar-refractivity contribution in [3.63, 3.8) is 0 Å². The first-order valence-corrected chi connectivity index (χ1v) is 7.49. The van der Waals surface area contributed by atoms with Gasteiger partial charge in [0.2, 0.25) is 0 Å². The number of carbonyl (C=O) groups excluding carboxylic acids is 1. The summed E-state index contributed by atoms with van der Waals surface area (Å²) in [6.07, 6.45) is 1.48. The highest BCUT2D eigenvalue weighted by Crippen LogP contribution is 2.26. The van der Waals surface area contributed by atoms with Crippen LogP contribution in [0, 0.1) is 0 Å². The molecule has 0 saturated heterocycles. The SMILES string of the molecule is NC(=S)c1ccc(C(=O)Nc2cc(Br)ccc2Br)nc1. The molecule has 2 rings (SSSR count). The second kappa shape index (κ2) is 6.43. The van der Waals surface area contributed by atoms with Gasteiger partial charge in [-0.2, -0.15) is 0 Å². The molecule has 2 aromatic rings. The number of halogens is 2. The molecule has 1 aromatic heterocycles. The van der Waals surface area contributed by atoms with Gasteiger partial charge in [-0.1, -0.05) is 28.1 Å². The molecule has 0 aliphatic heterocycles. The van der Waals surface area contributed by atoms with E-state index in [2.05, 4.69) is 42.2 Å². The quantitative estimate of drug-likeness (QED) is 0.754. The number of rotatable bonds is 3. The minimum Gasteiger partial charge on any atom is -0.389 e. The van der Waals surface area contributed by atoms with Crippen molar-refractivity contribution in [1.29, 1.82) is 0 Å². The molecule has 0 fully saturated rings. The molecule has 0 aliphatic rings. The van der Waals surface area contributed by atoms with Crippen LogP contribution in [0.5, 0.6) is 0 Å². The summed E-state index contributed by atoms with van der Waals surface area (Å²) in [6.45, 7) is 0. The zero-order valence-corrected chi connectivity index (χ0v) is 14.0. The van der Waals surface area contributed by atoms with Crippen LogP contribution >= 0.6 is 44.1 Å². The van der Waals surface area contributed by atoms with E-state index in [4.69, 9.17) is 18.0 Å². The van der Waals surface area contributed by atoms with Gasteiger partial charge in [-0.05, 0) is 46.3 Å². The molecule has 1 aromatic carbocycles. The number of benzene rings is 1. The van der Waals surface area contributed by atoms with Gasteiger partial charge in [-0.3, -0.25) is 9.78 Å². The zero-order chi connectivity index (χ0) is 14.7. The highest BCUT2D eigenvalue weighted by molar-refractivity contribution is 9.11. The lowest BCUT2D eigenvalue weighted by Gasteiger charge is -2.08. The maximum atomic E-state index is 12.1. The number of nitrogens with zero attached hydrogens (tertiary/aromatic N) is 1. The molecule has 4 nitrogen and oxygen atoms in total. The van der Waals surface area contributed by atoms with Crippen molar-refractivity contribution in [2.45, 2.75) is 0 Å². The van der Waals surface area contributed by atoms with Gasteiger partial charge < -0.3 is 11.1 Å². The number of hydrogen-bond donors (Lipinski definition) is 2. The van der Waals surface area contributed by atoms with Gasteiger partial charge >= 0.3 is 0 Å². The molecular weight excluding hydrogens is 406 g/mol. The fraction of sp³-hybridized carbons (Fsp3) is 0. The summed E-state index contributed by atoms with van der Waals surface area (Å²) < 4.78 is 1.65. The number of amides is 1. The van der Waals surface area contributed by atoms with Crippen LogP contribution in [0.4, 0.5) is 5.69 Å². The van der Waals surface area contributed by atoms with Crippen LogP contribution in [0.25, 0.3) is 0 Å². The Morgan fingerprint density at radius 2 is 2.00 bits per heavy atom. The molecule has 0 unspecified atom stereocenters. The fourth-order valence-electron chi connectivity index (χ4n) is 1.45. The van der Waals surface area contributed by atoms with E-state index in [9.17, 15) is 4.79 Å². The largest absolute Gasteiger partial charge is 0.389 e.